The number of para-hydroxylation sites is 1. The number of hydrogen-bond donors (Lipinski definition) is 2. The molecule has 0 bridgehead atoms. The molecule has 0 aliphatic heterocycles. The molecule has 0 radical (unpaired) electrons. The van der Waals surface area contributed by atoms with Gasteiger partial charge in [-0.15, -0.1) is 0 Å². The van der Waals surface area contributed by atoms with Gasteiger partial charge in [-0.3, -0.25) is 4.72 Å². The van der Waals surface area contributed by atoms with Crippen LogP contribution in [0.5, 0.6) is 5.75 Å². The Hall–Kier alpha value is -2.60. The van der Waals surface area contributed by atoms with Crippen LogP contribution < -0.4 is 4.72 Å². The highest BCUT2D eigenvalue weighted by Crippen LogP contribution is 2.40. The number of aryl methyl sites for hydroxylation is 1. The average molecular weight is 525 g/mol. The molecule has 28 heavy (non-hydrogen) atoms. The second-order valence-electron chi connectivity index (χ2n) is 5.72. The molecule has 0 saturated heterocycles. The monoisotopic (exact) mass is 524 g/mol. The molecule has 0 atom stereocenters. The Morgan fingerprint density at radius 1 is 1.25 bits per heavy atom. The van der Waals surface area contributed by atoms with Crippen LogP contribution >= 0.6 is 34.2 Å². The number of nitrogens with one attached hydrogen (secondary N) is 1. The summed E-state index contributed by atoms with van der Waals surface area (Å²) >= 11 is 8.07. The number of fused-ring (bicyclic) bond motifs is 1. The summed E-state index contributed by atoms with van der Waals surface area (Å²) in [5, 5.41) is 29.1. The second kappa shape index (κ2) is 7.43. The van der Waals surface area contributed by atoms with Crippen LogP contribution in [0, 0.1) is 33.2 Å². The fourth-order valence-electron chi connectivity index (χ4n) is 2.66. The molecule has 0 unspecified atom stereocenters. The summed E-state index contributed by atoms with van der Waals surface area (Å²) in [6.07, 6.45) is 0. The van der Waals surface area contributed by atoms with Crippen molar-refractivity contribution < 1.29 is 13.5 Å². The first-order valence-electron chi connectivity index (χ1n) is 7.64. The number of nitriles is 2. The van der Waals surface area contributed by atoms with Crippen LogP contribution in [0.25, 0.3) is 10.9 Å². The SMILES string of the molecule is Cc1ccccc1NS(=O)(=O)c1c(C#N)c(C#N)nc2c(O)c(I)cc(Cl)c12. The quantitative estimate of drug-likeness (QED) is 0.498. The lowest BCUT2D eigenvalue weighted by atomic mass is 10.1. The molecule has 2 N–H and O–H groups in total. The van der Waals surface area contributed by atoms with E-state index in [4.69, 9.17) is 11.6 Å². The Morgan fingerprint density at radius 3 is 2.54 bits per heavy atom. The Kier molecular flexibility index (Phi) is 5.35. The standard InChI is InChI=1S/C18H10ClIN4O3S/c1-9-4-2-3-5-13(9)24-28(26,27)18-10(7-21)14(8-22)23-16-15(18)11(19)6-12(20)17(16)25/h2-6,24-25H,1H3. The van der Waals surface area contributed by atoms with Gasteiger partial charge in [0.2, 0.25) is 0 Å². The van der Waals surface area contributed by atoms with Gasteiger partial charge in [0, 0.05) is 5.39 Å². The topological polar surface area (TPSA) is 127 Å². The van der Waals surface area contributed by atoms with Gasteiger partial charge in [-0.1, -0.05) is 29.8 Å². The highest BCUT2D eigenvalue weighted by Gasteiger charge is 2.29. The fraction of sp³-hybridized carbons (Fsp3) is 0.0556. The van der Waals surface area contributed by atoms with Crippen LogP contribution in [0.3, 0.4) is 0 Å². The van der Waals surface area contributed by atoms with Gasteiger partial charge in [0.25, 0.3) is 10.0 Å². The van der Waals surface area contributed by atoms with Gasteiger partial charge in [-0.2, -0.15) is 10.5 Å². The predicted molar refractivity (Wildman–Crippen MR) is 113 cm³/mol. The lowest BCUT2D eigenvalue weighted by Crippen LogP contribution is -2.17. The minimum atomic E-state index is -4.35. The van der Waals surface area contributed by atoms with Crippen LogP contribution in [0.15, 0.2) is 35.2 Å². The van der Waals surface area contributed by atoms with Crippen molar-refractivity contribution in [2.75, 3.05) is 4.72 Å². The van der Waals surface area contributed by atoms with Gasteiger partial charge in [0.1, 0.15) is 28.1 Å². The van der Waals surface area contributed by atoms with Crippen LogP contribution in [0.1, 0.15) is 16.8 Å². The fourth-order valence-corrected chi connectivity index (χ4v) is 5.27. The van der Waals surface area contributed by atoms with Crippen LogP contribution in [-0.2, 0) is 10.0 Å². The average Bonchev–Trinajstić information content (AvgIpc) is 2.66. The third-order valence-electron chi connectivity index (χ3n) is 3.97. The first-order valence-corrected chi connectivity index (χ1v) is 10.6. The molecule has 0 amide bonds. The van der Waals surface area contributed by atoms with Gasteiger partial charge >= 0.3 is 0 Å². The van der Waals surface area contributed by atoms with Crippen molar-refractivity contribution in [3.63, 3.8) is 0 Å². The molecule has 7 nitrogen and oxygen atoms in total. The van der Waals surface area contributed by atoms with E-state index in [1.165, 1.54) is 6.07 Å². The van der Waals surface area contributed by atoms with E-state index in [9.17, 15) is 24.0 Å². The number of phenolic OH excluding ortho intramolecular Hbond substituents is 1. The zero-order chi connectivity index (χ0) is 20.6. The lowest BCUT2D eigenvalue weighted by molar-refractivity contribution is 0.476. The van der Waals surface area contributed by atoms with Gasteiger partial charge in [-0.05, 0) is 47.2 Å². The zero-order valence-corrected chi connectivity index (χ0v) is 17.9. The number of pyridine rings is 1. The van der Waals surface area contributed by atoms with E-state index in [-0.39, 0.29) is 21.7 Å². The van der Waals surface area contributed by atoms with Crippen molar-refractivity contribution in [3.05, 3.63) is 55.7 Å². The molecular weight excluding hydrogens is 515 g/mol. The van der Waals surface area contributed by atoms with Crippen molar-refractivity contribution in [3.8, 4) is 17.9 Å². The molecule has 0 spiro atoms. The number of nitrogens with zero attached hydrogens (tertiary/aromatic N) is 3. The van der Waals surface area contributed by atoms with Crippen LogP contribution in [-0.4, -0.2) is 18.5 Å². The maximum absolute atomic E-state index is 13.2. The normalized spacial score (nSPS) is 11.0. The van der Waals surface area contributed by atoms with E-state index in [1.54, 1.807) is 43.3 Å². The highest BCUT2D eigenvalue weighted by atomic mass is 127. The number of anilines is 1. The largest absolute Gasteiger partial charge is 0.505 e. The molecule has 0 saturated carbocycles. The number of aromatic hydroxyl groups is 1. The Morgan fingerprint density at radius 2 is 1.93 bits per heavy atom. The summed E-state index contributed by atoms with van der Waals surface area (Å²) in [6, 6.07) is 11.5. The van der Waals surface area contributed by atoms with E-state index in [0.29, 0.717) is 14.8 Å². The third-order valence-corrected chi connectivity index (χ3v) is 6.52. The first-order chi connectivity index (χ1) is 13.2. The number of aromatic nitrogens is 1. The summed E-state index contributed by atoms with van der Waals surface area (Å²) in [5.41, 5.74) is -0.0719. The number of halogens is 2. The molecule has 1 heterocycles. The third kappa shape index (κ3) is 3.33. The number of hydrogen-bond acceptors (Lipinski definition) is 6. The molecule has 3 rings (SSSR count). The summed E-state index contributed by atoms with van der Waals surface area (Å²) in [6.45, 7) is 1.72. The van der Waals surface area contributed by atoms with Crippen molar-refractivity contribution in [2.45, 2.75) is 11.8 Å². The van der Waals surface area contributed by atoms with E-state index >= 15 is 0 Å². The molecule has 140 valence electrons. The van der Waals surface area contributed by atoms with Gasteiger partial charge < -0.3 is 5.11 Å². The number of rotatable bonds is 3. The Bertz CT molecular complexity index is 1330. The Balaban J connectivity index is 2.45. The second-order valence-corrected chi connectivity index (χ2v) is 8.91. The zero-order valence-electron chi connectivity index (χ0n) is 14.2. The first kappa shape index (κ1) is 20.1. The van der Waals surface area contributed by atoms with Gasteiger partial charge in [0.15, 0.2) is 11.4 Å². The maximum Gasteiger partial charge on any atom is 0.264 e. The molecule has 0 fully saturated rings. The van der Waals surface area contributed by atoms with E-state index in [1.807, 2.05) is 22.6 Å². The van der Waals surface area contributed by atoms with Crippen molar-refractivity contribution >= 4 is 60.8 Å². The van der Waals surface area contributed by atoms with E-state index in [2.05, 4.69) is 9.71 Å². The minimum Gasteiger partial charge on any atom is -0.505 e. The summed E-state index contributed by atoms with van der Waals surface area (Å²) < 4.78 is 29.2. The van der Waals surface area contributed by atoms with Gasteiger partial charge in [-0.25, -0.2) is 13.4 Å². The predicted octanol–water partition coefficient (Wildman–Crippen LogP) is 4.05. The molecule has 1 aromatic heterocycles. The van der Waals surface area contributed by atoms with Crippen molar-refractivity contribution in [1.82, 2.24) is 4.98 Å². The molecule has 10 heteroatoms. The van der Waals surface area contributed by atoms with Crippen LogP contribution in [0.4, 0.5) is 5.69 Å². The summed E-state index contributed by atoms with van der Waals surface area (Å²) in [7, 11) is -4.35. The van der Waals surface area contributed by atoms with E-state index in [0.717, 1.165) is 0 Å². The number of phenols is 1. The number of benzene rings is 2. The molecule has 3 aromatic rings. The molecule has 2 aromatic carbocycles. The maximum atomic E-state index is 13.2. The van der Waals surface area contributed by atoms with Crippen molar-refractivity contribution in [1.29, 1.82) is 10.5 Å². The van der Waals surface area contributed by atoms with Crippen molar-refractivity contribution in [2.24, 2.45) is 0 Å². The van der Waals surface area contributed by atoms with E-state index < -0.39 is 26.2 Å². The smallest absolute Gasteiger partial charge is 0.264 e. The molecule has 0 aliphatic carbocycles. The summed E-state index contributed by atoms with van der Waals surface area (Å²) in [4.78, 5) is 3.47. The summed E-state index contributed by atoms with van der Waals surface area (Å²) in [5.74, 6) is -0.326. The molecule has 0 aliphatic rings. The molecular formula is C18H10ClIN4O3S. The number of sulfonamides is 1. The minimum absolute atomic E-state index is 0.0177. The lowest BCUT2D eigenvalue weighted by Gasteiger charge is -2.15. The van der Waals surface area contributed by atoms with Crippen LogP contribution in [0.2, 0.25) is 5.02 Å². The highest BCUT2D eigenvalue weighted by molar-refractivity contribution is 14.1. The Labute approximate surface area is 179 Å². The van der Waals surface area contributed by atoms with Gasteiger partial charge in [0.05, 0.1) is 14.3 Å².